The molecule has 0 aliphatic carbocycles. The highest BCUT2D eigenvalue weighted by Crippen LogP contribution is 2.22. The molecule has 0 spiro atoms. The van der Waals surface area contributed by atoms with Crippen LogP contribution in [0.15, 0.2) is 52.2 Å². The number of anilines is 3. The van der Waals surface area contributed by atoms with Crippen LogP contribution in [0, 0.1) is 13.8 Å². The Hall–Kier alpha value is -2.98. The average Bonchev–Trinajstić information content (AvgIpc) is 3.25. The van der Waals surface area contributed by atoms with Crippen LogP contribution in [0.1, 0.15) is 11.3 Å². The van der Waals surface area contributed by atoms with Gasteiger partial charge in [-0.3, -0.25) is 0 Å². The lowest BCUT2D eigenvalue weighted by Gasteiger charge is -2.33. The summed E-state index contributed by atoms with van der Waals surface area (Å²) in [6.45, 7) is 5.63. The largest absolute Gasteiger partial charge is 0.363 e. The molecule has 10 heteroatoms. The maximum Gasteiger partial charge on any atom is 0.248 e. The van der Waals surface area contributed by atoms with Gasteiger partial charge in [0.1, 0.15) is 17.0 Å². The highest BCUT2D eigenvalue weighted by Gasteiger charge is 2.30. The van der Waals surface area contributed by atoms with Crippen LogP contribution in [0.3, 0.4) is 0 Å². The van der Waals surface area contributed by atoms with E-state index in [1.54, 1.807) is 0 Å². The lowest BCUT2D eigenvalue weighted by molar-refractivity contribution is 0.381. The minimum Gasteiger partial charge on any atom is -0.363 e. The fourth-order valence-electron chi connectivity index (χ4n) is 3.14. The van der Waals surface area contributed by atoms with E-state index in [1.807, 2.05) is 49.1 Å². The van der Waals surface area contributed by atoms with E-state index >= 15 is 0 Å². The van der Waals surface area contributed by atoms with Crippen molar-refractivity contribution in [2.45, 2.75) is 18.7 Å². The van der Waals surface area contributed by atoms with Gasteiger partial charge in [0.25, 0.3) is 0 Å². The van der Waals surface area contributed by atoms with Gasteiger partial charge in [-0.1, -0.05) is 22.9 Å². The Bertz CT molecular complexity index is 1080. The van der Waals surface area contributed by atoms with Crippen molar-refractivity contribution >= 4 is 27.5 Å². The molecule has 152 valence electrons. The molecule has 3 aromatic rings. The molecule has 1 aromatic carbocycles. The maximum atomic E-state index is 12.6. The van der Waals surface area contributed by atoms with E-state index in [1.165, 1.54) is 16.1 Å². The van der Waals surface area contributed by atoms with Crippen LogP contribution in [0.5, 0.6) is 0 Å². The monoisotopic (exact) mass is 414 g/mol. The first-order valence-corrected chi connectivity index (χ1v) is 10.7. The first-order valence-electron chi connectivity index (χ1n) is 9.26. The summed E-state index contributed by atoms with van der Waals surface area (Å²) in [5.41, 5.74) is 2.97. The normalized spacial score (nSPS) is 15.4. The van der Waals surface area contributed by atoms with E-state index in [4.69, 9.17) is 0 Å². The van der Waals surface area contributed by atoms with Crippen LogP contribution in [0.2, 0.25) is 0 Å². The van der Waals surface area contributed by atoms with Crippen molar-refractivity contribution in [3.8, 4) is 0 Å². The molecule has 1 aliphatic rings. The molecule has 0 amide bonds. The van der Waals surface area contributed by atoms with Crippen molar-refractivity contribution in [2.24, 2.45) is 0 Å². The van der Waals surface area contributed by atoms with Crippen molar-refractivity contribution in [3.05, 3.63) is 54.0 Å². The van der Waals surface area contributed by atoms with Gasteiger partial charge in [0, 0.05) is 43.6 Å². The van der Waals surface area contributed by atoms with Gasteiger partial charge < -0.3 is 14.7 Å². The van der Waals surface area contributed by atoms with E-state index in [2.05, 4.69) is 25.0 Å². The number of aryl methyl sites for hydroxylation is 2. The molecule has 4 rings (SSSR count). The summed E-state index contributed by atoms with van der Waals surface area (Å²) in [5.74, 6) is 1.29. The molecule has 0 unspecified atom stereocenters. The Kier molecular flexibility index (Phi) is 5.20. The molecule has 29 heavy (non-hydrogen) atoms. The molecule has 0 saturated carbocycles. The Morgan fingerprint density at radius 3 is 2.41 bits per heavy atom. The fourth-order valence-corrected chi connectivity index (χ4v) is 4.43. The smallest absolute Gasteiger partial charge is 0.248 e. The number of nitrogens with one attached hydrogen (secondary N) is 1. The zero-order valence-electron chi connectivity index (χ0n) is 16.2. The fraction of sp³-hybridized carbons (Fsp3) is 0.316. The van der Waals surface area contributed by atoms with Gasteiger partial charge in [-0.15, -0.1) is 0 Å². The van der Waals surface area contributed by atoms with Crippen LogP contribution in [-0.2, 0) is 10.0 Å². The number of hydrogen-bond donors (Lipinski definition) is 1. The van der Waals surface area contributed by atoms with Crippen LogP contribution < -0.4 is 10.2 Å². The minimum atomic E-state index is -3.59. The molecule has 3 heterocycles. The Balaban J connectivity index is 1.47. The molecule has 1 saturated heterocycles. The molecule has 0 bridgehead atoms. The van der Waals surface area contributed by atoms with Crippen molar-refractivity contribution in [2.75, 3.05) is 36.4 Å². The van der Waals surface area contributed by atoms with E-state index in [0.29, 0.717) is 37.9 Å². The number of sulfonamides is 1. The summed E-state index contributed by atoms with van der Waals surface area (Å²) in [4.78, 5) is 11.2. The van der Waals surface area contributed by atoms with E-state index in [0.717, 1.165) is 17.6 Å². The highest BCUT2D eigenvalue weighted by atomic mass is 32.2. The first-order chi connectivity index (χ1) is 13.9. The number of aromatic nitrogens is 3. The minimum absolute atomic E-state index is 0.0716. The van der Waals surface area contributed by atoms with Crippen molar-refractivity contribution in [3.63, 3.8) is 0 Å². The second-order valence-corrected chi connectivity index (χ2v) is 8.87. The third kappa shape index (κ3) is 4.22. The number of piperazine rings is 1. The van der Waals surface area contributed by atoms with Gasteiger partial charge in [0.05, 0.1) is 6.20 Å². The summed E-state index contributed by atoms with van der Waals surface area (Å²) in [7, 11) is -3.59. The second kappa shape index (κ2) is 7.80. The SMILES string of the molecule is Cc1ccc(Nc2cc(C)nc(N3CCN(S(=O)(=O)c4cnoc4)CC3)n2)cc1. The Labute approximate surface area is 169 Å². The molecule has 2 aromatic heterocycles. The number of nitrogens with zero attached hydrogens (tertiary/aromatic N) is 5. The number of hydrogen-bond acceptors (Lipinski definition) is 8. The molecule has 1 N–H and O–H groups in total. The predicted molar refractivity (Wildman–Crippen MR) is 109 cm³/mol. The van der Waals surface area contributed by atoms with E-state index < -0.39 is 10.0 Å². The van der Waals surface area contributed by atoms with Crippen molar-refractivity contribution in [1.29, 1.82) is 0 Å². The standard InChI is InChI=1S/C19H22N6O3S/c1-14-3-5-16(6-4-14)22-18-11-15(2)21-19(23-18)24-7-9-25(10-8-24)29(26,27)17-12-20-28-13-17/h3-6,11-13H,7-10H2,1-2H3,(H,21,22,23). The van der Waals surface area contributed by atoms with Gasteiger partial charge in [0.15, 0.2) is 0 Å². The summed E-state index contributed by atoms with van der Waals surface area (Å²) in [6.07, 6.45) is 2.36. The zero-order chi connectivity index (χ0) is 20.4. The summed E-state index contributed by atoms with van der Waals surface area (Å²) < 4.78 is 31.3. The van der Waals surface area contributed by atoms with Gasteiger partial charge in [0.2, 0.25) is 16.0 Å². The third-order valence-corrected chi connectivity index (χ3v) is 6.58. The topological polar surface area (TPSA) is 104 Å². The molecule has 0 atom stereocenters. The van der Waals surface area contributed by atoms with Crippen LogP contribution in [0.25, 0.3) is 0 Å². The summed E-state index contributed by atoms with van der Waals surface area (Å²) in [6, 6.07) is 9.95. The molecule has 0 radical (unpaired) electrons. The first kappa shape index (κ1) is 19.3. The number of rotatable bonds is 5. The molecule has 9 nitrogen and oxygen atoms in total. The molecule has 1 aliphatic heterocycles. The number of benzene rings is 1. The van der Waals surface area contributed by atoms with Gasteiger partial charge in [-0.05, 0) is 26.0 Å². The van der Waals surface area contributed by atoms with Gasteiger partial charge in [-0.2, -0.15) is 9.29 Å². The van der Waals surface area contributed by atoms with Gasteiger partial charge >= 0.3 is 0 Å². The average molecular weight is 414 g/mol. The molecule has 1 fully saturated rings. The maximum absolute atomic E-state index is 12.6. The van der Waals surface area contributed by atoms with Crippen LogP contribution in [-0.4, -0.2) is 54.0 Å². The zero-order valence-corrected chi connectivity index (χ0v) is 17.1. The third-order valence-electron chi connectivity index (χ3n) is 4.74. The predicted octanol–water partition coefficient (Wildman–Crippen LogP) is 2.34. The summed E-state index contributed by atoms with van der Waals surface area (Å²) in [5, 5.41) is 6.79. The molecular weight excluding hydrogens is 392 g/mol. The lowest BCUT2D eigenvalue weighted by Crippen LogP contribution is -2.49. The van der Waals surface area contributed by atoms with E-state index in [-0.39, 0.29) is 4.90 Å². The van der Waals surface area contributed by atoms with Gasteiger partial charge in [-0.25, -0.2) is 13.4 Å². The summed E-state index contributed by atoms with van der Waals surface area (Å²) >= 11 is 0. The van der Waals surface area contributed by atoms with Crippen LogP contribution >= 0.6 is 0 Å². The molecular formula is C19H22N6O3S. The quantitative estimate of drug-likeness (QED) is 0.678. The van der Waals surface area contributed by atoms with Crippen molar-refractivity contribution < 1.29 is 12.9 Å². The van der Waals surface area contributed by atoms with E-state index in [9.17, 15) is 8.42 Å². The lowest BCUT2D eigenvalue weighted by atomic mass is 10.2. The Morgan fingerprint density at radius 2 is 1.76 bits per heavy atom. The Morgan fingerprint density at radius 1 is 1.03 bits per heavy atom. The van der Waals surface area contributed by atoms with Crippen molar-refractivity contribution in [1.82, 2.24) is 19.4 Å². The second-order valence-electron chi connectivity index (χ2n) is 6.94. The highest BCUT2D eigenvalue weighted by molar-refractivity contribution is 7.89. The van der Waals surface area contributed by atoms with Crippen LogP contribution in [0.4, 0.5) is 17.5 Å².